The lowest BCUT2D eigenvalue weighted by Gasteiger charge is -2.02. The number of nitrogens with zero attached hydrogens (tertiary/aromatic N) is 1. The Hall–Kier alpha value is -1.61. The molecule has 0 aliphatic carbocycles. The second-order valence-corrected chi connectivity index (χ2v) is 3.49. The molecule has 0 radical (unpaired) electrons. The van der Waals surface area contributed by atoms with Gasteiger partial charge in [-0.3, -0.25) is 4.98 Å². The highest BCUT2D eigenvalue weighted by Gasteiger charge is 2.09. The molecule has 0 saturated heterocycles. The molecule has 3 nitrogen and oxygen atoms in total. The van der Waals surface area contributed by atoms with Crippen molar-refractivity contribution in [2.24, 2.45) is 5.73 Å². The largest absolute Gasteiger partial charge is 0.467 e. The summed E-state index contributed by atoms with van der Waals surface area (Å²) in [6.07, 6.45) is 6.15. The van der Waals surface area contributed by atoms with Gasteiger partial charge in [0.05, 0.1) is 12.3 Å². The van der Waals surface area contributed by atoms with Gasteiger partial charge in [-0.2, -0.15) is 0 Å². The maximum atomic E-state index is 5.88. The molecule has 2 aromatic rings. The van der Waals surface area contributed by atoms with E-state index in [1.54, 1.807) is 18.7 Å². The Morgan fingerprint density at radius 2 is 2.07 bits per heavy atom. The van der Waals surface area contributed by atoms with Crippen LogP contribution in [0.3, 0.4) is 0 Å². The number of hydrogen-bond donors (Lipinski definition) is 1. The second-order valence-electron chi connectivity index (χ2n) is 3.49. The summed E-state index contributed by atoms with van der Waals surface area (Å²) in [5.74, 6) is 0.837. The Balaban J connectivity index is 2.28. The van der Waals surface area contributed by atoms with Crippen molar-refractivity contribution in [2.75, 3.05) is 0 Å². The van der Waals surface area contributed by atoms with Gasteiger partial charge in [0.2, 0.25) is 0 Å². The van der Waals surface area contributed by atoms with Crippen LogP contribution in [0.25, 0.3) is 11.1 Å². The molecule has 0 bridgehead atoms. The van der Waals surface area contributed by atoms with Crippen molar-refractivity contribution in [2.45, 2.75) is 19.4 Å². The quantitative estimate of drug-likeness (QED) is 0.832. The third-order valence-electron chi connectivity index (χ3n) is 2.44. The SMILES string of the molecule is CCC(N)c1cc(-c2ccncc2)co1. The van der Waals surface area contributed by atoms with E-state index >= 15 is 0 Å². The van der Waals surface area contributed by atoms with E-state index in [9.17, 15) is 0 Å². The predicted molar refractivity (Wildman–Crippen MR) is 59.2 cm³/mol. The minimum absolute atomic E-state index is 0.0133. The predicted octanol–water partition coefficient (Wildman–Crippen LogP) is 2.75. The number of pyridine rings is 1. The summed E-state index contributed by atoms with van der Waals surface area (Å²) in [7, 11) is 0. The van der Waals surface area contributed by atoms with Crippen LogP contribution in [0.15, 0.2) is 41.3 Å². The molecular weight excluding hydrogens is 188 g/mol. The number of nitrogens with two attached hydrogens (primary N) is 1. The van der Waals surface area contributed by atoms with E-state index in [1.165, 1.54) is 0 Å². The molecule has 2 heterocycles. The molecule has 0 fully saturated rings. The maximum absolute atomic E-state index is 5.88. The zero-order valence-electron chi connectivity index (χ0n) is 8.68. The van der Waals surface area contributed by atoms with Gasteiger partial charge in [0, 0.05) is 18.0 Å². The summed E-state index contributed by atoms with van der Waals surface area (Å²) in [6, 6.07) is 5.88. The van der Waals surface area contributed by atoms with Crippen molar-refractivity contribution >= 4 is 0 Å². The number of aromatic nitrogens is 1. The Bertz CT molecular complexity index is 422. The maximum Gasteiger partial charge on any atom is 0.121 e. The van der Waals surface area contributed by atoms with E-state index in [0.717, 1.165) is 23.3 Å². The summed E-state index contributed by atoms with van der Waals surface area (Å²) >= 11 is 0. The van der Waals surface area contributed by atoms with Crippen LogP contribution in [-0.2, 0) is 0 Å². The lowest BCUT2D eigenvalue weighted by Crippen LogP contribution is -2.06. The molecular formula is C12H14N2O. The van der Waals surface area contributed by atoms with E-state index < -0.39 is 0 Å². The number of rotatable bonds is 3. The first kappa shape index (κ1) is 9.93. The van der Waals surface area contributed by atoms with Gasteiger partial charge in [-0.05, 0) is 30.2 Å². The standard InChI is InChI=1S/C12H14N2O/c1-2-11(13)12-7-10(8-15-12)9-3-5-14-6-4-9/h3-8,11H,2,13H2,1H3. The molecule has 78 valence electrons. The molecule has 0 spiro atoms. The minimum atomic E-state index is -0.0133. The zero-order valence-corrected chi connectivity index (χ0v) is 8.68. The third kappa shape index (κ3) is 2.07. The van der Waals surface area contributed by atoms with Gasteiger partial charge < -0.3 is 10.2 Å². The normalized spacial score (nSPS) is 12.7. The van der Waals surface area contributed by atoms with E-state index in [4.69, 9.17) is 10.2 Å². The summed E-state index contributed by atoms with van der Waals surface area (Å²) in [5.41, 5.74) is 8.03. The topological polar surface area (TPSA) is 52.0 Å². The van der Waals surface area contributed by atoms with Gasteiger partial charge in [-0.15, -0.1) is 0 Å². The summed E-state index contributed by atoms with van der Waals surface area (Å²) < 4.78 is 5.43. The number of hydrogen-bond acceptors (Lipinski definition) is 3. The van der Waals surface area contributed by atoms with Gasteiger partial charge in [-0.1, -0.05) is 6.92 Å². The second kappa shape index (κ2) is 4.28. The fourth-order valence-electron chi connectivity index (χ4n) is 1.44. The highest BCUT2D eigenvalue weighted by Crippen LogP contribution is 2.24. The Labute approximate surface area is 88.9 Å². The van der Waals surface area contributed by atoms with Crippen molar-refractivity contribution in [1.29, 1.82) is 0 Å². The van der Waals surface area contributed by atoms with E-state index in [-0.39, 0.29) is 6.04 Å². The smallest absolute Gasteiger partial charge is 0.121 e. The molecule has 2 aromatic heterocycles. The third-order valence-corrected chi connectivity index (χ3v) is 2.44. The Morgan fingerprint density at radius 3 is 2.73 bits per heavy atom. The van der Waals surface area contributed by atoms with E-state index in [1.807, 2.05) is 25.1 Å². The van der Waals surface area contributed by atoms with E-state index in [0.29, 0.717) is 0 Å². The average molecular weight is 202 g/mol. The first-order valence-electron chi connectivity index (χ1n) is 5.05. The molecule has 3 heteroatoms. The van der Waals surface area contributed by atoms with Crippen molar-refractivity contribution in [3.8, 4) is 11.1 Å². The van der Waals surface area contributed by atoms with E-state index in [2.05, 4.69) is 4.98 Å². The first-order valence-corrected chi connectivity index (χ1v) is 5.05. The highest BCUT2D eigenvalue weighted by atomic mass is 16.3. The molecule has 2 rings (SSSR count). The molecule has 0 saturated carbocycles. The molecule has 0 aliphatic rings. The van der Waals surface area contributed by atoms with Crippen LogP contribution in [0.4, 0.5) is 0 Å². The molecule has 0 amide bonds. The zero-order chi connectivity index (χ0) is 10.7. The van der Waals surface area contributed by atoms with Gasteiger partial charge in [-0.25, -0.2) is 0 Å². The monoisotopic (exact) mass is 202 g/mol. The average Bonchev–Trinajstić information content (AvgIpc) is 2.78. The molecule has 15 heavy (non-hydrogen) atoms. The Morgan fingerprint density at radius 1 is 1.33 bits per heavy atom. The van der Waals surface area contributed by atoms with Crippen molar-refractivity contribution in [1.82, 2.24) is 4.98 Å². The van der Waals surface area contributed by atoms with Gasteiger partial charge in [0.15, 0.2) is 0 Å². The molecule has 0 aliphatic heterocycles. The van der Waals surface area contributed by atoms with Crippen LogP contribution in [0.1, 0.15) is 25.1 Å². The van der Waals surface area contributed by atoms with Gasteiger partial charge in [0.25, 0.3) is 0 Å². The van der Waals surface area contributed by atoms with Crippen LogP contribution >= 0.6 is 0 Å². The van der Waals surface area contributed by atoms with Gasteiger partial charge in [0.1, 0.15) is 5.76 Å². The highest BCUT2D eigenvalue weighted by molar-refractivity contribution is 5.61. The van der Waals surface area contributed by atoms with Crippen LogP contribution in [-0.4, -0.2) is 4.98 Å². The molecule has 0 aromatic carbocycles. The van der Waals surface area contributed by atoms with Crippen LogP contribution < -0.4 is 5.73 Å². The molecule has 2 N–H and O–H groups in total. The van der Waals surface area contributed by atoms with Crippen molar-refractivity contribution < 1.29 is 4.42 Å². The minimum Gasteiger partial charge on any atom is -0.467 e. The van der Waals surface area contributed by atoms with Crippen molar-refractivity contribution in [3.63, 3.8) is 0 Å². The van der Waals surface area contributed by atoms with Crippen LogP contribution in [0.5, 0.6) is 0 Å². The summed E-state index contributed by atoms with van der Waals surface area (Å²) in [4.78, 5) is 3.97. The summed E-state index contributed by atoms with van der Waals surface area (Å²) in [6.45, 7) is 2.04. The van der Waals surface area contributed by atoms with Crippen LogP contribution in [0.2, 0.25) is 0 Å². The Kier molecular flexibility index (Phi) is 2.83. The van der Waals surface area contributed by atoms with Crippen molar-refractivity contribution in [3.05, 3.63) is 42.6 Å². The first-order chi connectivity index (χ1) is 7.31. The van der Waals surface area contributed by atoms with Crippen LogP contribution in [0, 0.1) is 0 Å². The lowest BCUT2D eigenvalue weighted by atomic mass is 10.1. The van der Waals surface area contributed by atoms with Gasteiger partial charge >= 0.3 is 0 Å². The lowest BCUT2D eigenvalue weighted by molar-refractivity contribution is 0.460. The number of furan rings is 1. The fourth-order valence-corrected chi connectivity index (χ4v) is 1.44. The fraction of sp³-hybridized carbons (Fsp3) is 0.250. The molecule has 1 unspecified atom stereocenters. The summed E-state index contributed by atoms with van der Waals surface area (Å²) in [5, 5.41) is 0. The molecule has 1 atom stereocenters.